The summed E-state index contributed by atoms with van der Waals surface area (Å²) in [6, 6.07) is -1.18. The molecule has 1 saturated heterocycles. The highest BCUT2D eigenvalue weighted by Gasteiger charge is 2.47. The van der Waals surface area contributed by atoms with Crippen molar-refractivity contribution in [3.05, 3.63) is 0 Å². The molecule has 6 N–H and O–H groups in total. The van der Waals surface area contributed by atoms with Crippen molar-refractivity contribution in [1.29, 1.82) is 0 Å². The maximum atomic E-state index is 12.1. The summed E-state index contributed by atoms with van der Waals surface area (Å²) in [5.74, 6) is -0.417. The monoisotopic (exact) mass is 292 g/mol. The number of carbonyl (C=O) groups excluding carboxylic acids is 1. The predicted octanol–water partition coefficient (Wildman–Crippen LogP) is -2.98. The fourth-order valence-corrected chi connectivity index (χ4v) is 2.31. The highest BCUT2D eigenvalue weighted by molar-refractivity contribution is 5.82. The molecule has 8 nitrogen and oxygen atoms in total. The SMILES string of the molecule is CCN(CC)C(=O)[C@@H](N)[C@@H]1O[C@H](CO)[C@@H](O)[C@H](O)[C@@H]1O. The first-order chi connectivity index (χ1) is 9.38. The molecule has 0 aromatic carbocycles. The molecule has 1 aliphatic rings. The summed E-state index contributed by atoms with van der Waals surface area (Å²) in [6.45, 7) is 3.96. The number of aliphatic hydroxyl groups is 4. The Bertz CT molecular complexity index is 323. The molecule has 0 spiro atoms. The first-order valence-electron chi connectivity index (χ1n) is 6.73. The highest BCUT2D eigenvalue weighted by atomic mass is 16.5. The molecule has 0 bridgehead atoms. The maximum Gasteiger partial charge on any atom is 0.242 e. The molecular weight excluding hydrogens is 268 g/mol. The zero-order chi connectivity index (χ0) is 15.4. The van der Waals surface area contributed by atoms with Gasteiger partial charge in [-0.3, -0.25) is 4.79 Å². The van der Waals surface area contributed by atoms with E-state index < -0.39 is 49.1 Å². The maximum absolute atomic E-state index is 12.1. The summed E-state index contributed by atoms with van der Waals surface area (Å²) in [5.41, 5.74) is 5.81. The summed E-state index contributed by atoms with van der Waals surface area (Å²) in [7, 11) is 0. The number of hydrogen-bond acceptors (Lipinski definition) is 7. The van der Waals surface area contributed by atoms with E-state index >= 15 is 0 Å². The summed E-state index contributed by atoms with van der Waals surface area (Å²) >= 11 is 0. The summed E-state index contributed by atoms with van der Waals surface area (Å²) in [6.07, 6.45) is -6.72. The van der Waals surface area contributed by atoms with Gasteiger partial charge in [-0.05, 0) is 13.8 Å². The van der Waals surface area contributed by atoms with Crippen molar-refractivity contribution in [3.63, 3.8) is 0 Å². The van der Waals surface area contributed by atoms with Crippen molar-refractivity contribution in [2.75, 3.05) is 19.7 Å². The van der Waals surface area contributed by atoms with Crippen LogP contribution in [-0.2, 0) is 9.53 Å². The Hall–Kier alpha value is -0.770. The molecule has 0 radical (unpaired) electrons. The van der Waals surface area contributed by atoms with Gasteiger partial charge in [0.15, 0.2) is 0 Å². The van der Waals surface area contributed by atoms with E-state index in [9.17, 15) is 20.1 Å². The molecule has 1 fully saturated rings. The first-order valence-corrected chi connectivity index (χ1v) is 6.73. The van der Waals surface area contributed by atoms with Gasteiger partial charge in [0, 0.05) is 13.1 Å². The first kappa shape index (κ1) is 17.3. The topological polar surface area (TPSA) is 136 Å². The number of aliphatic hydroxyl groups excluding tert-OH is 4. The van der Waals surface area contributed by atoms with Crippen molar-refractivity contribution in [1.82, 2.24) is 4.90 Å². The third kappa shape index (κ3) is 3.27. The van der Waals surface area contributed by atoms with Crippen molar-refractivity contribution < 1.29 is 30.0 Å². The Morgan fingerprint density at radius 2 is 1.75 bits per heavy atom. The minimum Gasteiger partial charge on any atom is -0.394 e. The standard InChI is InChI=1S/C12H24N2O6/c1-3-14(4-2)12(19)7(13)11-10(18)9(17)8(16)6(5-15)20-11/h6-11,15-18H,3-5,13H2,1-2H3/t6-,7+,8-,9+,10+,11+/m1/s1. The summed E-state index contributed by atoms with van der Waals surface area (Å²) in [5, 5.41) is 38.3. The molecule has 0 unspecified atom stereocenters. The Labute approximate surface area is 117 Å². The van der Waals surface area contributed by atoms with Gasteiger partial charge in [0.05, 0.1) is 6.61 Å². The third-order valence-corrected chi connectivity index (χ3v) is 3.64. The fourth-order valence-electron chi connectivity index (χ4n) is 2.31. The van der Waals surface area contributed by atoms with Crippen LogP contribution in [0.4, 0.5) is 0 Å². The van der Waals surface area contributed by atoms with E-state index in [0.29, 0.717) is 13.1 Å². The fraction of sp³-hybridized carbons (Fsp3) is 0.917. The van der Waals surface area contributed by atoms with Gasteiger partial charge in [-0.15, -0.1) is 0 Å². The zero-order valence-electron chi connectivity index (χ0n) is 11.7. The van der Waals surface area contributed by atoms with E-state index in [2.05, 4.69) is 0 Å². The molecule has 0 aliphatic carbocycles. The number of nitrogens with two attached hydrogens (primary N) is 1. The number of likely N-dealkylation sites (N-methyl/N-ethyl adjacent to an activating group) is 1. The Morgan fingerprint density at radius 1 is 1.20 bits per heavy atom. The number of nitrogens with zero attached hydrogens (tertiary/aromatic N) is 1. The Morgan fingerprint density at radius 3 is 2.20 bits per heavy atom. The van der Waals surface area contributed by atoms with E-state index in [1.165, 1.54) is 4.90 Å². The average Bonchev–Trinajstić information content (AvgIpc) is 2.45. The molecule has 0 aromatic rings. The van der Waals surface area contributed by atoms with Crippen LogP contribution in [-0.4, -0.2) is 87.5 Å². The molecule has 1 heterocycles. The lowest BCUT2D eigenvalue weighted by molar-refractivity contribution is -0.233. The molecule has 1 rings (SSSR count). The number of carbonyl (C=O) groups is 1. The van der Waals surface area contributed by atoms with Gasteiger partial charge in [-0.2, -0.15) is 0 Å². The van der Waals surface area contributed by atoms with Crippen molar-refractivity contribution in [3.8, 4) is 0 Å². The second kappa shape index (κ2) is 7.30. The van der Waals surface area contributed by atoms with Gasteiger partial charge in [-0.25, -0.2) is 0 Å². The molecule has 1 amide bonds. The predicted molar refractivity (Wildman–Crippen MR) is 69.7 cm³/mol. The van der Waals surface area contributed by atoms with Gasteiger partial charge in [0.2, 0.25) is 5.91 Å². The minimum atomic E-state index is -1.53. The summed E-state index contributed by atoms with van der Waals surface area (Å²) in [4.78, 5) is 13.6. The van der Waals surface area contributed by atoms with Crippen molar-refractivity contribution in [2.45, 2.75) is 50.4 Å². The van der Waals surface area contributed by atoms with Gasteiger partial charge in [0.1, 0.15) is 36.6 Å². The Balaban J connectivity index is 2.85. The van der Waals surface area contributed by atoms with Crippen LogP contribution < -0.4 is 5.73 Å². The normalized spacial score (nSPS) is 35.6. The van der Waals surface area contributed by atoms with E-state index in [-0.39, 0.29) is 0 Å². The number of hydrogen-bond donors (Lipinski definition) is 5. The van der Waals surface area contributed by atoms with Gasteiger partial charge in [0.25, 0.3) is 0 Å². The van der Waals surface area contributed by atoms with E-state index in [4.69, 9.17) is 15.6 Å². The summed E-state index contributed by atoms with van der Waals surface area (Å²) < 4.78 is 5.27. The molecule has 8 heteroatoms. The molecule has 118 valence electrons. The van der Waals surface area contributed by atoms with Crippen molar-refractivity contribution in [2.24, 2.45) is 5.73 Å². The van der Waals surface area contributed by atoms with E-state index in [0.717, 1.165) is 0 Å². The van der Waals surface area contributed by atoms with Crippen molar-refractivity contribution >= 4 is 5.91 Å². The molecule has 0 saturated carbocycles. The molecule has 1 aliphatic heterocycles. The van der Waals surface area contributed by atoms with Gasteiger partial charge >= 0.3 is 0 Å². The van der Waals surface area contributed by atoms with Crippen LogP contribution in [0, 0.1) is 0 Å². The average molecular weight is 292 g/mol. The number of rotatable bonds is 5. The smallest absolute Gasteiger partial charge is 0.242 e. The highest BCUT2D eigenvalue weighted by Crippen LogP contribution is 2.23. The lowest BCUT2D eigenvalue weighted by Crippen LogP contribution is -2.65. The van der Waals surface area contributed by atoms with Crippen LogP contribution in [0.1, 0.15) is 13.8 Å². The van der Waals surface area contributed by atoms with E-state index in [1.807, 2.05) is 0 Å². The lowest BCUT2D eigenvalue weighted by atomic mass is 9.91. The van der Waals surface area contributed by atoms with Crippen LogP contribution >= 0.6 is 0 Å². The lowest BCUT2D eigenvalue weighted by Gasteiger charge is -2.42. The van der Waals surface area contributed by atoms with E-state index in [1.54, 1.807) is 13.8 Å². The minimum absolute atomic E-state index is 0.417. The quantitative estimate of drug-likeness (QED) is 0.365. The molecular formula is C12H24N2O6. The molecule has 0 aromatic heterocycles. The molecule has 6 atom stereocenters. The third-order valence-electron chi connectivity index (χ3n) is 3.64. The largest absolute Gasteiger partial charge is 0.394 e. The Kier molecular flexibility index (Phi) is 6.31. The van der Waals surface area contributed by atoms with Gasteiger partial charge in [-0.1, -0.05) is 0 Å². The van der Waals surface area contributed by atoms with Crippen LogP contribution in [0.3, 0.4) is 0 Å². The van der Waals surface area contributed by atoms with Crippen LogP contribution in [0.15, 0.2) is 0 Å². The van der Waals surface area contributed by atoms with Crippen LogP contribution in [0.25, 0.3) is 0 Å². The number of amides is 1. The second-order valence-electron chi connectivity index (χ2n) is 4.83. The van der Waals surface area contributed by atoms with Crippen LogP contribution in [0.5, 0.6) is 0 Å². The van der Waals surface area contributed by atoms with Crippen LogP contribution in [0.2, 0.25) is 0 Å². The van der Waals surface area contributed by atoms with Gasteiger partial charge < -0.3 is 35.8 Å². The second-order valence-corrected chi connectivity index (χ2v) is 4.83. The zero-order valence-corrected chi connectivity index (χ0v) is 11.7. The number of ether oxygens (including phenoxy) is 1. The molecule has 20 heavy (non-hydrogen) atoms.